The third-order valence-electron chi connectivity index (χ3n) is 3.45. The lowest BCUT2D eigenvalue weighted by Crippen LogP contribution is -2.16. The van der Waals surface area contributed by atoms with Gasteiger partial charge < -0.3 is 15.4 Å². The Balaban J connectivity index is 1.89. The molecule has 2 aromatic rings. The van der Waals surface area contributed by atoms with Gasteiger partial charge in [0.2, 0.25) is 5.91 Å². The van der Waals surface area contributed by atoms with Gasteiger partial charge in [0.25, 0.3) is 0 Å². The molecule has 0 aliphatic carbocycles. The Morgan fingerprint density at radius 3 is 2.62 bits per heavy atom. The standard InChI is InChI=1S/C18H18ClN3O2/c1-12-9-16(17(24-2)10-15(12)19)22-18(23)7-8-21-14-5-3-13(11-20)4-6-14/h3-6,9-10,21H,7-8H2,1-2H3,(H,22,23). The van der Waals surface area contributed by atoms with E-state index in [0.29, 0.717) is 35.0 Å². The van der Waals surface area contributed by atoms with Crippen LogP contribution in [-0.4, -0.2) is 19.6 Å². The van der Waals surface area contributed by atoms with E-state index in [4.69, 9.17) is 21.6 Å². The number of rotatable bonds is 6. The number of nitriles is 1. The Labute approximate surface area is 146 Å². The van der Waals surface area contributed by atoms with Gasteiger partial charge in [0.05, 0.1) is 24.4 Å². The Hall–Kier alpha value is -2.71. The van der Waals surface area contributed by atoms with Crippen LogP contribution in [0.15, 0.2) is 36.4 Å². The number of hydrogen-bond donors (Lipinski definition) is 2. The third-order valence-corrected chi connectivity index (χ3v) is 3.86. The Kier molecular flexibility index (Phi) is 6.05. The number of methoxy groups -OCH3 is 1. The molecular formula is C18H18ClN3O2. The summed E-state index contributed by atoms with van der Waals surface area (Å²) in [6, 6.07) is 12.6. The van der Waals surface area contributed by atoms with Crippen LogP contribution in [0, 0.1) is 18.3 Å². The second kappa shape index (κ2) is 8.23. The summed E-state index contributed by atoms with van der Waals surface area (Å²) in [6.07, 6.45) is 0.296. The molecule has 2 N–H and O–H groups in total. The van der Waals surface area contributed by atoms with E-state index < -0.39 is 0 Å². The van der Waals surface area contributed by atoms with E-state index in [1.807, 2.05) is 19.1 Å². The number of carbonyl (C=O) groups is 1. The Bertz CT molecular complexity index is 767. The lowest BCUT2D eigenvalue weighted by atomic mass is 10.2. The Morgan fingerprint density at radius 2 is 2.00 bits per heavy atom. The van der Waals surface area contributed by atoms with Crippen LogP contribution in [-0.2, 0) is 4.79 Å². The molecule has 0 atom stereocenters. The van der Waals surface area contributed by atoms with Crippen molar-refractivity contribution in [2.75, 3.05) is 24.3 Å². The van der Waals surface area contributed by atoms with E-state index in [2.05, 4.69) is 16.7 Å². The molecule has 2 aromatic carbocycles. The van der Waals surface area contributed by atoms with Crippen molar-refractivity contribution in [3.63, 3.8) is 0 Å². The van der Waals surface area contributed by atoms with Crippen molar-refractivity contribution in [1.82, 2.24) is 0 Å². The zero-order valence-electron chi connectivity index (χ0n) is 13.5. The van der Waals surface area contributed by atoms with E-state index in [0.717, 1.165) is 11.3 Å². The second-order valence-corrected chi connectivity index (χ2v) is 5.62. The number of aryl methyl sites for hydroxylation is 1. The van der Waals surface area contributed by atoms with Crippen molar-refractivity contribution in [3.05, 3.63) is 52.5 Å². The van der Waals surface area contributed by atoms with Crippen LogP contribution in [0.1, 0.15) is 17.5 Å². The fraction of sp³-hybridized carbons (Fsp3) is 0.222. The molecule has 0 bridgehead atoms. The number of halogens is 1. The van der Waals surface area contributed by atoms with Gasteiger partial charge in [-0.15, -0.1) is 0 Å². The molecule has 0 saturated carbocycles. The highest BCUT2D eigenvalue weighted by atomic mass is 35.5. The van der Waals surface area contributed by atoms with E-state index in [-0.39, 0.29) is 5.91 Å². The zero-order chi connectivity index (χ0) is 17.5. The fourth-order valence-corrected chi connectivity index (χ4v) is 2.28. The van der Waals surface area contributed by atoms with Crippen molar-refractivity contribution < 1.29 is 9.53 Å². The number of amides is 1. The SMILES string of the molecule is COc1cc(Cl)c(C)cc1NC(=O)CCNc1ccc(C#N)cc1. The highest BCUT2D eigenvalue weighted by molar-refractivity contribution is 6.31. The third kappa shape index (κ3) is 4.64. The number of ether oxygens (including phenoxy) is 1. The predicted molar refractivity (Wildman–Crippen MR) is 95.6 cm³/mol. The molecule has 0 spiro atoms. The molecule has 0 saturated heterocycles. The first-order chi connectivity index (χ1) is 11.5. The summed E-state index contributed by atoms with van der Waals surface area (Å²) in [5.74, 6) is 0.398. The molecule has 0 heterocycles. The summed E-state index contributed by atoms with van der Waals surface area (Å²) >= 11 is 6.05. The molecule has 124 valence electrons. The van der Waals surface area contributed by atoms with Gasteiger partial charge in [0.15, 0.2) is 0 Å². The van der Waals surface area contributed by atoms with Gasteiger partial charge in [0, 0.05) is 29.7 Å². The van der Waals surface area contributed by atoms with Crippen LogP contribution in [0.25, 0.3) is 0 Å². The molecule has 0 unspecified atom stereocenters. The van der Waals surface area contributed by atoms with Crippen molar-refractivity contribution in [3.8, 4) is 11.8 Å². The van der Waals surface area contributed by atoms with Gasteiger partial charge in [-0.2, -0.15) is 5.26 Å². The number of hydrogen-bond acceptors (Lipinski definition) is 4. The van der Waals surface area contributed by atoms with Gasteiger partial charge in [-0.3, -0.25) is 4.79 Å². The molecule has 2 rings (SSSR count). The summed E-state index contributed by atoms with van der Waals surface area (Å²) in [7, 11) is 1.53. The number of carbonyl (C=O) groups excluding carboxylic acids is 1. The summed E-state index contributed by atoms with van der Waals surface area (Å²) < 4.78 is 5.24. The van der Waals surface area contributed by atoms with Gasteiger partial charge in [-0.1, -0.05) is 11.6 Å². The van der Waals surface area contributed by atoms with E-state index in [1.54, 1.807) is 24.3 Å². The molecular weight excluding hydrogens is 326 g/mol. The summed E-state index contributed by atoms with van der Waals surface area (Å²) in [4.78, 5) is 12.1. The number of benzene rings is 2. The molecule has 0 radical (unpaired) electrons. The average Bonchev–Trinajstić information content (AvgIpc) is 2.58. The van der Waals surface area contributed by atoms with Crippen LogP contribution in [0.4, 0.5) is 11.4 Å². The first-order valence-corrected chi connectivity index (χ1v) is 7.79. The largest absolute Gasteiger partial charge is 0.495 e. The molecule has 0 fully saturated rings. The molecule has 1 amide bonds. The molecule has 24 heavy (non-hydrogen) atoms. The normalized spacial score (nSPS) is 9.92. The van der Waals surface area contributed by atoms with Crippen molar-refractivity contribution in [1.29, 1.82) is 5.26 Å². The molecule has 6 heteroatoms. The van der Waals surface area contributed by atoms with Gasteiger partial charge in [-0.05, 0) is 42.8 Å². The van der Waals surface area contributed by atoms with Gasteiger partial charge in [-0.25, -0.2) is 0 Å². The highest BCUT2D eigenvalue weighted by Crippen LogP contribution is 2.30. The maximum atomic E-state index is 12.1. The minimum absolute atomic E-state index is 0.129. The highest BCUT2D eigenvalue weighted by Gasteiger charge is 2.10. The van der Waals surface area contributed by atoms with Crippen LogP contribution in [0.2, 0.25) is 5.02 Å². The van der Waals surface area contributed by atoms with Crippen LogP contribution < -0.4 is 15.4 Å². The van der Waals surface area contributed by atoms with Crippen LogP contribution in [0.3, 0.4) is 0 Å². The fourth-order valence-electron chi connectivity index (χ4n) is 2.13. The molecule has 5 nitrogen and oxygen atoms in total. The summed E-state index contributed by atoms with van der Waals surface area (Å²) in [5, 5.41) is 15.3. The maximum Gasteiger partial charge on any atom is 0.226 e. The smallest absolute Gasteiger partial charge is 0.226 e. The minimum atomic E-state index is -0.129. The van der Waals surface area contributed by atoms with Gasteiger partial charge in [0.1, 0.15) is 5.75 Å². The number of nitrogens with zero attached hydrogens (tertiary/aromatic N) is 1. The van der Waals surface area contributed by atoms with Crippen LogP contribution >= 0.6 is 11.6 Å². The predicted octanol–water partition coefficient (Wildman–Crippen LogP) is 3.97. The maximum absolute atomic E-state index is 12.1. The monoisotopic (exact) mass is 343 g/mol. The lowest BCUT2D eigenvalue weighted by Gasteiger charge is -2.12. The second-order valence-electron chi connectivity index (χ2n) is 5.22. The molecule has 0 aromatic heterocycles. The first-order valence-electron chi connectivity index (χ1n) is 7.41. The average molecular weight is 344 g/mol. The zero-order valence-corrected chi connectivity index (χ0v) is 14.3. The number of anilines is 2. The van der Waals surface area contributed by atoms with E-state index >= 15 is 0 Å². The van der Waals surface area contributed by atoms with Crippen molar-refractivity contribution in [2.45, 2.75) is 13.3 Å². The van der Waals surface area contributed by atoms with Crippen molar-refractivity contribution >= 4 is 28.9 Å². The van der Waals surface area contributed by atoms with Gasteiger partial charge >= 0.3 is 0 Å². The van der Waals surface area contributed by atoms with E-state index in [9.17, 15) is 4.79 Å². The first kappa shape index (κ1) is 17.6. The Morgan fingerprint density at radius 1 is 1.29 bits per heavy atom. The van der Waals surface area contributed by atoms with Crippen LogP contribution in [0.5, 0.6) is 5.75 Å². The number of nitrogens with one attached hydrogen (secondary N) is 2. The minimum Gasteiger partial charge on any atom is -0.495 e. The van der Waals surface area contributed by atoms with Crippen molar-refractivity contribution in [2.24, 2.45) is 0 Å². The molecule has 0 aliphatic heterocycles. The van der Waals surface area contributed by atoms with E-state index in [1.165, 1.54) is 7.11 Å². The summed E-state index contributed by atoms with van der Waals surface area (Å²) in [6.45, 7) is 2.34. The quantitative estimate of drug-likeness (QED) is 0.832. The molecule has 0 aliphatic rings. The summed E-state index contributed by atoms with van der Waals surface area (Å²) in [5.41, 5.74) is 2.93. The lowest BCUT2D eigenvalue weighted by molar-refractivity contribution is -0.116. The topological polar surface area (TPSA) is 74.2 Å².